The van der Waals surface area contributed by atoms with Crippen molar-refractivity contribution in [2.75, 3.05) is 24.2 Å². The topological polar surface area (TPSA) is 141 Å². The highest BCUT2D eigenvalue weighted by atomic mass is 35.5. The number of benzene rings is 2. The summed E-state index contributed by atoms with van der Waals surface area (Å²) in [4.78, 5) is 29.5. The van der Waals surface area contributed by atoms with E-state index in [4.69, 9.17) is 11.6 Å². The monoisotopic (exact) mass is 665 g/mol. The molecule has 240 valence electrons. The number of piperazine rings is 1. The number of hydrogen-bond donors (Lipinski definition) is 4. The summed E-state index contributed by atoms with van der Waals surface area (Å²) in [6, 6.07) is 6.61. The van der Waals surface area contributed by atoms with Crippen LogP contribution in [0.1, 0.15) is 41.9 Å². The van der Waals surface area contributed by atoms with E-state index in [0.29, 0.717) is 19.5 Å². The zero-order valence-corrected chi connectivity index (χ0v) is 25.4. The van der Waals surface area contributed by atoms with E-state index in [-0.39, 0.29) is 52.0 Å². The molecule has 5 rings (SSSR count). The molecular weight excluding hydrogens is 635 g/mol. The molecule has 5 unspecified atom stereocenters. The highest BCUT2D eigenvalue weighted by molar-refractivity contribution is 7.89. The highest BCUT2D eigenvalue weighted by Crippen LogP contribution is 2.32. The smallest absolute Gasteiger partial charge is 0.405 e. The maximum absolute atomic E-state index is 15.2. The van der Waals surface area contributed by atoms with Gasteiger partial charge in [-0.25, -0.2) is 26.4 Å². The molecule has 2 aliphatic rings. The second-order valence-corrected chi connectivity index (χ2v) is 13.5. The summed E-state index contributed by atoms with van der Waals surface area (Å²) < 4.78 is 71.3. The third-order valence-electron chi connectivity index (χ3n) is 8.15. The van der Waals surface area contributed by atoms with E-state index in [9.17, 15) is 31.9 Å². The number of nitrogens with zero attached hydrogens (tertiary/aromatic N) is 2. The molecule has 0 radical (unpaired) electrons. The molecule has 1 aromatic heterocycles. The summed E-state index contributed by atoms with van der Waals surface area (Å²) in [7, 11) is -3.48. The van der Waals surface area contributed by atoms with E-state index < -0.39 is 57.5 Å². The Kier molecular flexibility index (Phi) is 9.97. The van der Waals surface area contributed by atoms with Crippen LogP contribution >= 0.6 is 11.6 Å². The summed E-state index contributed by atoms with van der Waals surface area (Å²) in [5.74, 6) is -4.44. The molecule has 2 aromatic carbocycles. The fourth-order valence-electron chi connectivity index (χ4n) is 6.01. The largest absolute Gasteiger partial charge is 0.465 e. The number of fused-ring (bicyclic) bond motifs is 2. The van der Waals surface area contributed by atoms with Gasteiger partial charge in [-0.1, -0.05) is 23.7 Å². The Bertz CT molecular complexity index is 1700. The first kappa shape index (κ1) is 32.7. The van der Waals surface area contributed by atoms with Crippen molar-refractivity contribution in [3.63, 3.8) is 0 Å². The quantitative estimate of drug-likeness (QED) is 0.268. The van der Waals surface area contributed by atoms with E-state index in [1.807, 2.05) is 0 Å². The van der Waals surface area contributed by atoms with Crippen LogP contribution in [0.3, 0.4) is 0 Å². The van der Waals surface area contributed by atoms with Crippen LogP contribution in [-0.2, 0) is 21.2 Å². The fourth-order valence-corrected chi connectivity index (χ4v) is 7.94. The van der Waals surface area contributed by atoms with Crippen LogP contribution in [0.2, 0.25) is 5.02 Å². The van der Waals surface area contributed by atoms with Crippen molar-refractivity contribution in [2.24, 2.45) is 0 Å². The Morgan fingerprint density at radius 3 is 2.64 bits per heavy atom. The van der Waals surface area contributed by atoms with Crippen LogP contribution in [0.5, 0.6) is 0 Å². The number of halogens is 4. The number of sulfonamides is 1. The van der Waals surface area contributed by atoms with Gasteiger partial charge in [-0.2, -0.15) is 4.31 Å². The van der Waals surface area contributed by atoms with Gasteiger partial charge in [0.1, 0.15) is 23.5 Å². The predicted molar refractivity (Wildman–Crippen MR) is 161 cm³/mol. The van der Waals surface area contributed by atoms with Gasteiger partial charge in [-0.05, 0) is 67.1 Å². The summed E-state index contributed by atoms with van der Waals surface area (Å²) >= 11 is 5.85. The summed E-state index contributed by atoms with van der Waals surface area (Å²) in [6.07, 6.45) is 2.14. The van der Waals surface area contributed by atoms with Crippen LogP contribution in [0.4, 0.5) is 23.7 Å². The first-order valence-corrected chi connectivity index (χ1v) is 16.3. The molecule has 0 aliphatic carbocycles. The van der Waals surface area contributed by atoms with Gasteiger partial charge in [0.05, 0.1) is 17.0 Å². The molecule has 2 fully saturated rings. The molecule has 3 aromatic rings. The number of pyridine rings is 1. The zero-order valence-electron chi connectivity index (χ0n) is 23.9. The van der Waals surface area contributed by atoms with Gasteiger partial charge in [0.25, 0.3) is 0 Å². The Hall–Kier alpha value is -3.72. The third-order valence-corrected chi connectivity index (χ3v) is 10.4. The Morgan fingerprint density at radius 1 is 1.11 bits per heavy atom. The van der Waals surface area contributed by atoms with Gasteiger partial charge in [0.15, 0.2) is 0 Å². The fraction of sp³-hybridized carbons (Fsp3) is 0.367. The molecule has 3 heterocycles. The average molecular weight is 666 g/mol. The van der Waals surface area contributed by atoms with Gasteiger partial charge in [0, 0.05) is 48.5 Å². The molecule has 2 amide bonds. The average Bonchev–Trinajstić information content (AvgIpc) is 3.10. The minimum Gasteiger partial charge on any atom is -0.465 e. The second-order valence-electron chi connectivity index (χ2n) is 11.1. The number of hydrogen-bond acceptors (Lipinski definition) is 6. The van der Waals surface area contributed by atoms with Crippen LogP contribution in [0, 0.1) is 17.5 Å². The van der Waals surface area contributed by atoms with Gasteiger partial charge in [-0.15, -0.1) is 0 Å². The minimum absolute atomic E-state index is 0.0379. The maximum Gasteiger partial charge on any atom is 0.405 e. The molecule has 0 saturated carbocycles. The van der Waals surface area contributed by atoms with Crippen LogP contribution < -0.4 is 16.0 Å². The molecule has 45 heavy (non-hydrogen) atoms. The molecule has 0 spiro atoms. The Balaban J connectivity index is 1.44. The van der Waals surface area contributed by atoms with E-state index in [0.717, 1.165) is 24.8 Å². The normalized spacial score (nSPS) is 22.1. The van der Waals surface area contributed by atoms with Gasteiger partial charge >= 0.3 is 6.09 Å². The summed E-state index contributed by atoms with van der Waals surface area (Å²) in [6.45, 7) is 0.726. The van der Waals surface area contributed by atoms with Gasteiger partial charge < -0.3 is 21.1 Å². The predicted octanol–water partition coefficient (Wildman–Crippen LogP) is 4.26. The number of aromatic nitrogens is 1. The number of amides is 2. The summed E-state index contributed by atoms with van der Waals surface area (Å²) in [5.41, 5.74) is 0.290. The standard InChI is InChI=1S/C30H31ClF3N5O5S/c31-23-9-6-17(12-25(23)34)27(18-11-19(32)14-35-13-18)28(38-30(41)42)29(40)37-26-5-1-4-24(33)22(26)8-7-21-15-36-20-3-2-10-45(43,44)39(21)16-20/h1,4-6,9,11-14,20-21,27-28,36,38H,2-3,7-8,10,15-16H2,(H,37,40)(H,41,42). The number of carbonyl (C=O) groups is 2. The van der Waals surface area contributed by atoms with E-state index in [2.05, 4.69) is 20.9 Å². The SMILES string of the molecule is O=C(O)NC(C(=O)Nc1cccc(F)c1CCC1CNC2CCCS(=O)(=O)N1C2)C(c1cncc(F)c1)c1ccc(Cl)c(F)c1. The minimum atomic E-state index is -3.48. The molecule has 2 aliphatic heterocycles. The molecule has 10 nitrogen and oxygen atoms in total. The lowest BCUT2D eigenvalue weighted by Gasteiger charge is -2.37. The molecule has 4 N–H and O–H groups in total. The number of carbonyl (C=O) groups excluding carboxylic acids is 1. The lowest BCUT2D eigenvalue weighted by Crippen LogP contribution is -2.57. The molecule has 15 heteroatoms. The highest BCUT2D eigenvalue weighted by Gasteiger charge is 2.38. The molecule has 5 atom stereocenters. The third kappa shape index (κ3) is 7.57. The van der Waals surface area contributed by atoms with Gasteiger partial charge in [0.2, 0.25) is 15.9 Å². The molecule has 2 saturated heterocycles. The van der Waals surface area contributed by atoms with Gasteiger partial charge in [-0.3, -0.25) is 9.78 Å². The summed E-state index contributed by atoms with van der Waals surface area (Å²) in [5, 5.41) is 17.5. The Labute approximate surface area is 263 Å². The Morgan fingerprint density at radius 2 is 1.91 bits per heavy atom. The van der Waals surface area contributed by atoms with Crippen LogP contribution in [0.15, 0.2) is 54.9 Å². The van der Waals surface area contributed by atoms with E-state index in [1.165, 1.54) is 40.8 Å². The first-order valence-electron chi connectivity index (χ1n) is 14.3. The first-order chi connectivity index (χ1) is 21.4. The zero-order chi connectivity index (χ0) is 32.3. The lowest BCUT2D eigenvalue weighted by atomic mass is 9.85. The van der Waals surface area contributed by atoms with Crippen molar-refractivity contribution in [3.8, 4) is 0 Å². The van der Waals surface area contributed by atoms with Crippen molar-refractivity contribution in [3.05, 3.63) is 94.0 Å². The number of carboxylic acid groups (broad SMARTS) is 1. The second kappa shape index (κ2) is 13.7. The number of nitrogens with one attached hydrogen (secondary N) is 3. The van der Waals surface area contributed by atoms with E-state index >= 15 is 4.39 Å². The van der Waals surface area contributed by atoms with Crippen molar-refractivity contribution < 1.29 is 36.3 Å². The molecular formula is C30H31ClF3N5O5S. The van der Waals surface area contributed by atoms with Crippen LogP contribution in [-0.4, -0.2) is 71.8 Å². The van der Waals surface area contributed by atoms with E-state index in [1.54, 1.807) is 0 Å². The lowest BCUT2D eigenvalue weighted by molar-refractivity contribution is -0.118. The van der Waals surface area contributed by atoms with Crippen LogP contribution in [0.25, 0.3) is 0 Å². The van der Waals surface area contributed by atoms with Crippen molar-refractivity contribution in [2.45, 2.75) is 49.7 Å². The van der Waals surface area contributed by atoms with Crippen molar-refractivity contribution in [1.29, 1.82) is 0 Å². The van der Waals surface area contributed by atoms with Crippen molar-refractivity contribution in [1.82, 2.24) is 19.9 Å². The van der Waals surface area contributed by atoms with Crippen molar-refractivity contribution >= 4 is 39.3 Å². The molecule has 2 bridgehead atoms. The number of rotatable bonds is 9. The number of anilines is 1. The maximum atomic E-state index is 15.2.